The van der Waals surface area contributed by atoms with E-state index in [1.165, 1.54) is 6.08 Å². The van der Waals surface area contributed by atoms with Gasteiger partial charge in [0.2, 0.25) is 0 Å². The Hall–Kier alpha value is -3.35. The van der Waals surface area contributed by atoms with Crippen LogP contribution < -0.4 is 10.6 Å². The summed E-state index contributed by atoms with van der Waals surface area (Å²) in [7, 11) is 0. The number of benzene rings is 2. The monoisotopic (exact) mass is 424 g/mol. The van der Waals surface area contributed by atoms with Gasteiger partial charge in [-0.3, -0.25) is 9.59 Å². The van der Waals surface area contributed by atoms with Gasteiger partial charge in [0.15, 0.2) is 0 Å². The summed E-state index contributed by atoms with van der Waals surface area (Å²) in [5.74, 6) is 0.0232. The molecular weight excluding hydrogens is 404 g/mol. The first-order valence-electron chi connectivity index (χ1n) is 9.31. The zero-order chi connectivity index (χ0) is 21.5. The third-order valence-electron chi connectivity index (χ3n) is 4.25. The number of hydrogen-bond donors (Lipinski definition) is 3. The number of aryl methyl sites for hydroxylation is 1. The van der Waals surface area contributed by atoms with Crippen LogP contribution in [-0.2, 0) is 4.79 Å². The molecule has 0 atom stereocenters. The Morgan fingerprint density at radius 2 is 1.73 bits per heavy atom. The summed E-state index contributed by atoms with van der Waals surface area (Å²) in [6.07, 6.45) is 1.44. The van der Waals surface area contributed by atoms with Gasteiger partial charge in [-0.2, -0.15) is 0 Å². The molecule has 30 heavy (non-hydrogen) atoms. The van der Waals surface area contributed by atoms with Crippen molar-refractivity contribution in [1.29, 1.82) is 0 Å². The zero-order valence-corrected chi connectivity index (χ0v) is 17.1. The van der Waals surface area contributed by atoms with E-state index in [4.69, 9.17) is 21.1 Å². The van der Waals surface area contributed by atoms with Crippen molar-refractivity contribution in [3.63, 3.8) is 0 Å². The lowest BCUT2D eigenvalue weighted by Crippen LogP contribution is -2.36. The van der Waals surface area contributed by atoms with Gasteiger partial charge in [-0.1, -0.05) is 29.3 Å². The third-order valence-corrected chi connectivity index (χ3v) is 4.50. The van der Waals surface area contributed by atoms with Crippen molar-refractivity contribution >= 4 is 29.5 Å². The van der Waals surface area contributed by atoms with Gasteiger partial charge in [-0.25, -0.2) is 0 Å². The molecule has 1 heterocycles. The Balaban J connectivity index is 1.85. The van der Waals surface area contributed by atoms with E-state index in [2.05, 4.69) is 10.6 Å². The number of rotatable bonds is 7. The predicted molar refractivity (Wildman–Crippen MR) is 116 cm³/mol. The van der Waals surface area contributed by atoms with Crippen molar-refractivity contribution in [1.82, 2.24) is 10.6 Å². The molecule has 0 saturated heterocycles. The van der Waals surface area contributed by atoms with Gasteiger partial charge in [0.1, 0.15) is 17.2 Å². The summed E-state index contributed by atoms with van der Waals surface area (Å²) in [4.78, 5) is 25.0. The number of hydrogen-bond acceptors (Lipinski definition) is 4. The largest absolute Gasteiger partial charge is 0.457 e. The fourth-order valence-electron chi connectivity index (χ4n) is 2.66. The van der Waals surface area contributed by atoms with Gasteiger partial charge in [-0.05, 0) is 55.5 Å². The lowest BCUT2D eigenvalue weighted by Gasteiger charge is -2.10. The highest BCUT2D eigenvalue weighted by Gasteiger charge is 2.15. The predicted octanol–water partition coefficient (Wildman–Crippen LogP) is 3.79. The molecule has 6 nitrogen and oxygen atoms in total. The first-order chi connectivity index (χ1) is 14.5. The van der Waals surface area contributed by atoms with Crippen LogP contribution >= 0.6 is 11.6 Å². The minimum Gasteiger partial charge on any atom is -0.457 e. The maximum absolute atomic E-state index is 12.6. The minimum atomic E-state index is -0.533. The highest BCUT2D eigenvalue weighted by molar-refractivity contribution is 6.30. The highest BCUT2D eigenvalue weighted by atomic mass is 35.5. The molecule has 0 radical (unpaired) electrons. The van der Waals surface area contributed by atoms with E-state index in [0.717, 1.165) is 11.1 Å². The molecule has 0 saturated carbocycles. The number of nitrogens with one attached hydrogen (secondary N) is 2. The summed E-state index contributed by atoms with van der Waals surface area (Å²) in [6, 6.07) is 17.6. The lowest BCUT2D eigenvalue weighted by atomic mass is 10.1. The molecule has 2 aromatic carbocycles. The number of halogens is 1. The molecule has 7 heteroatoms. The molecule has 0 spiro atoms. The van der Waals surface area contributed by atoms with Crippen LogP contribution in [0.2, 0.25) is 5.02 Å². The molecule has 154 valence electrons. The topological polar surface area (TPSA) is 91.6 Å². The van der Waals surface area contributed by atoms with Crippen LogP contribution in [0.25, 0.3) is 17.4 Å². The van der Waals surface area contributed by atoms with Crippen molar-refractivity contribution in [2.24, 2.45) is 0 Å². The second kappa shape index (κ2) is 9.91. The zero-order valence-electron chi connectivity index (χ0n) is 16.3. The quantitative estimate of drug-likeness (QED) is 0.503. The van der Waals surface area contributed by atoms with Crippen LogP contribution in [0, 0.1) is 6.92 Å². The van der Waals surface area contributed by atoms with Crippen LogP contribution in [0.3, 0.4) is 0 Å². The van der Waals surface area contributed by atoms with Crippen LogP contribution in [0.5, 0.6) is 0 Å². The molecule has 2 amide bonds. The molecule has 0 bridgehead atoms. The molecule has 0 aliphatic heterocycles. The smallest absolute Gasteiger partial charge is 0.268 e. The van der Waals surface area contributed by atoms with Gasteiger partial charge in [0.05, 0.1) is 6.61 Å². The van der Waals surface area contributed by atoms with Gasteiger partial charge in [0, 0.05) is 28.8 Å². The van der Waals surface area contributed by atoms with Crippen molar-refractivity contribution in [3.05, 3.63) is 88.3 Å². The second-order valence-corrected chi connectivity index (χ2v) is 7.00. The fraction of sp³-hybridized carbons (Fsp3) is 0.130. The number of aliphatic hydroxyl groups is 1. The molecule has 3 rings (SSSR count). The van der Waals surface area contributed by atoms with Gasteiger partial charge < -0.3 is 20.2 Å². The lowest BCUT2D eigenvalue weighted by molar-refractivity contribution is -0.117. The molecule has 1 aromatic heterocycles. The van der Waals surface area contributed by atoms with E-state index in [9.17, 15) is 9.59 Å². The molecule has 0 fully saturated rings. The van der Waals surface area contributed by atoms with Crippen molar-refractivity contribution < 1.29 is 19.1 Å². The van der Waals surface area contributed by atoms with Crippen molar-refractivity contribution in [3.8, 4) is 11.3 Å². The summed E-state index contributed by atoms with van der Waals surface area (Å²) < 4.78 is 5.80. The number of amides is 2. The standard InChI is InChI=1S/C23H21ClN2O4/c1-15-2-4-17(5-3-15)22(28)26-20(23(29)25-12-13-27)14-19-10-11-21(30-19)16-6-8-18(24)9-7-16/h2-11,14,27H,12-13H2,1H3,(H,25,29)(H,26,28)/b20-14+. The molecule has 3 aromatic rings. The molecule has 0 aliphatic rings. The number of furan rings is 1. The van der Waals surface area contributed by atoms with Crippen LogP contribution in [-0.4, -0.2) is 30.1 Å². The average Bonchev–Trinajstić information content (AvgIpc) is 3.21. The summed E-state index contributed by atoms with van der Waals surface area (Å²) in [5, 5.41) is 14.7. The summed E-state index contributed by atoms with van der Waals surface area (Å²) in [6.45, 7) is 1.77. The first-order valence-corrected chi connectivity index (χ1v) is 9.68. The Morgan fingerprint density at radius 1 is 1.03 bits per heavy atom. The maximum atomic E-state index is 12.6. The fourth-order valence-corrected chi connectivity index (χ4v) is 2.79. The number of aliphatic hydroxyl groups excluding tert-OH is 1. The van der Waals surface area contributed by atoms with Crippen LogP contribution in [0.4, 0.5) is 0 Å². The number of carbonyl (C=O) groups excluding carboxylic acids is 2. The third kappa shape index (κ3) is 5.59. The first kappa shape index (κ1) is 21.4. The second-order valence-electron chi connectivity index (χ2n) is 6.57. The van der Waals surface area contributed by atoms with Crippen LogP contribution in [0.15, 0.2) is 70.8 Å². The minimum absolute atomic E-state index is 0.00558. The SMILES string of the molecule is Cc1ccc(C(=O)N/C(=C/c2ccc(-c3ccc(Cl)cc3)o2)C(=O)NCCO)cc1. The molecule has 3 N–H and O–H groups in total. The molecule has 0 aliphatic carbocycles. The summed E-state index contributed by atoms with van der Waals surface area (Å²) >= 11 is 5.91. The Labute approximate surface area is 179 Å². The van der Waals surface area contributed by atoms with E-state index in [-0.39, 0.29) is 18.8 Å². The van der Waals surface area contributed by atoms with E-state index < -0.39 is 11.8 Å². The van der Waals surface area contributed by atoms with Crippen molar-refractivity contribution in [2.75, 3.05) is 13.2 Å². The van der Waals surface area contributed by atoms with Gasteiger partial charge in [0.25, 0.3) is 11.8 Å². The molecule has 0 unspecified atom stereocenters. The highest BCUT2D eigenvalue weighted by Crippen LogP contribution is 2.24. The maximum Gasteiger partial charge on any atom is 0.268 e. The Morgan fingerprint density at radius 3 is 2.40 bits per heavy atom. The summed E-state index contributed by atoms with van der Waals surface area (Å²) in [5.41, 5.74) is 2.27. The Bertz CT molecular complexity index is 1050. The molecular formula is C23H21ClN2O4. The normalized spacial score (nSPS) is 11.2. The van der Waals surface area contributed by atoms with Gasteiger partial charge in [-0.15, -0.1) is 0 Å². The van der Waals surface area contributed by atoms with Crippen LogP contribution in [0.1, 0.15) is 21.7 Å². The van der Waals surface area contributed by atoms with E-state index in [1.807, 2.05) is 31.2 Å². The number of carbonyl (C=O) groups is 2. The average molecular weight is 425 g/mol. The van der Waals surface area contributed by atoms with E-state index in [0.29, 0.717) is 22.1 Å². The van der Waals surface area contributed by atoms with Crippen molar-refractivity contribution in [2.45, 2.75) is 6.92 Å². The van der Waals surface area contributed by atoms with E-state index >= 15 is 0 Å². The van der Waals surface area contributed by atoms with Gasteiger partial charge >= 0.3 is 0 Å². The Kier molecular flexibility index (Phi) is 7.06. The van der Waals surface area contributed by atoms with E-state index in [1.54, 1.807) is 36.4 Å².